The van der Waals surface area contributed by atoms with Gasteiger partial charge in [-0.05, 0) is 42.4 Å². The maximum absolute atomic E-state index is 12.7. The third-order valence-corrected chi connectivity index (χ3v) is 3.06. The molecule has 0 atom stereocenters. The Bertz CT molecular complexity index is 525. The first-order valence-electron chi connectivity index (χ1n) is 6.47. The molecular weight excluding hydrogens is 275 g/mol. The van der Waals surface area contributed by atoms with Gasteiger partial charge in [0.05, 0.1) is 0 Å². The molecule has 2 rings (SSSR count). The van der Waals surface area contributed by atoms with E-state index in [4.69, 9.17) is 12.2 Å². The minimum atomic E-state index is -0.229. The number of nitrogens with one attached hydrogen (secondary N) is 2. The molecule has 0 fully saturated rings. The standard InChI is InChI=1S/C14H17FN4S/c15-13-5-3-12(4-6-13)11-17-14(20)16-7-1-9-19-10-2-8-18-19/h2-6,8,10H,1,7,9,11H2,(H2,16,17,20). The van der Waals surface area contributed by atoms with Gasteiger partial charge in [0, 0.05) is 32.0 Å². The Labute approximate surface area is 123 Å². The van der Waals surface area contributed by atoms with Crippen LogP contribution in [0, 0.1) is 5.82 Å². The zero-order valence-corrected chi connectivity index (χ0v) is 11.9. The summed E-state index contributed by atoms with van der Waals surface area (Å²) in [6.07, 6.45) is 4.65. The summed E-state index contributed by atoms with van der Waals surface area (Å²) in [6, 6.07) is 8.27. The van der Waals surface area contributed by atoms with Crippen LogP contribution in [-0.2, 0) is 13.1 Å². The van der Waals surface area contributed by atoms with Crippen LogP contribution < -0.4 is 10.6 Å². The van der Waals surface area contributed by atoms with Crippen molar-refractivity contribution in [2.75, 3.05) is 6.54 Å². The topological polar surface area (TPSA) is 41.9 Å². The van der Waals surface area contributed by atoms with Crippen molar-refractivity contribution in [1.29, 1.82) is 0 Å². The Hall–Kier alpha value is -1.95. The second kappa shape index (κ2) is 7.59. The molecule has 0 bridgehead atoms. The average Bonchev–Trinajstić information content (AvgIpc) is 2.96. The highest BCUT2D eigenvalue weighted by Crippen LogP contribution is 2.01. The SMILES string of the molecule is Fc1ccc(CNC(=S)NCCCn2cccn2)cc1. The lowest BCUT2D eigenvalue weighted by molar-refractivity contribution is 0.571. The number of nitrogens with zero attached hydrogens (tertiary/aromatic N) is 2. The van der Waals surface area contributed by atoms with Crippen LogP contribution >= 0.6 is 12.2 Å². The lowest BCUT2D eigenvalue weighted by atomic mass is 10.2. The van der Waals surface area contributed by atoms with Crippen molar-refractivity contribution >= 4 is 17.3 Å². The number of rotatable bonds is 6. The number of hydrogen-bond donors (Lipinski definition) is 2. The second-order valence-corrected chi connectivity index (χ2v) is 4.77. The van der Waals surface area contributed by atoms with Crippen molar-refractivity contribution < 1.29 is 4.39 Å². The number of thiocarbonyl (C=S) groups is 1. The first-order chi connectivity index (χ1) is 9.74. The molecule has 2 aromatic rings. The summed E-state index contributed by atoms with van der Waals surface area (Å²) in [7, 11) is 0. The highest BCUT2D eigenvalue weighted by Gasteiger charge is 1.97. The van der Waals surface area contributed by atoms with Crippen molar-refractivity contribution in [1.82, 2.24) is 20.4 Å². The summed E-state index contributed by atoms with van der Waals surface area (Å²) in [5.41, 5.74) is 0.993. The van der Waals surface area contributed by atoms with Gasteiger partial charge in [-0.15, -0.1) is 0 Å². The molecule has 0 aliphatic carbocycles. The summed E-state index contributed by atoms with van der Waals surface area (Å²) in [6.45, 7) is 2.24. The lowest BCUT2D eigenvalue weighted by Crippen LogP contribution is -2.35. The monoisotopic (exact) mass is 292 g/mol. The predicted molar refractivity (Wildman–Crippen MR) is 80.7 cm³/mol. The smallest absolute Gasteiger partial charge is 0.166 e. The van der Waals surface area contributed by atoms with Crippen LogP contribution in [0.15, 0.2) is 42.7 Å². The fourth-order valence-electron chi connectivity index (χ4n) is 1.72. The van der Waals surface area contributed by atoms with Crippen LogP contribution in [0.3, 0.4) is 0 Å². The summed E-state index contributed by atoms with van der Waals surface area (Å²) in [5, 5.41) is 11.0. The van der Waals surface area contributed by atoms with Gasteiger partial charge < -0.3 is 10.6 Å². The Morgan fingerprint density at radius 1 is 1.25 bits per heavy atom. The van der Waals surface area contributed by atoms with E-state index in [0.29, 0.717) is 11.7 Å². The molecule has 20 heavy (non-hydrogen) atoms. The third kappa shape index (κ3) is 4.97. The number of halogens is 1. The molecule has 0 aliphatic heterocycles. The average molecular weight is 292 g/mol. The van der Waals surface area contributed by atoms with Gasteiger partial charge in [0.25, 0.3) is 0 Å². The molecule has 0 aliphatic rings. The van der Waals surface area contributed by atoms with Crippen LogP contribution in [-0.4, -0.2) is 21.4 Å². The van der Waals surface area contributed by atoms with E-state index in [0.717, 1.165) is 25.1 Å². The Morgan fingerprint density at radius 3 is 2.75 bits per heavy atom. The first-order valence-corrected chi connectivity index (χ1v) is 6.88. The van der Waals surface area contributed by atoms with Crippen molar-refractivity contribution in [3.63, 3.8) is 0 Å². The molecule has 0 unspecified atom stereocenters. The minimum Gasteiger partial charge on any atom is -0.363 e. The molecule has 4 nitrogen and oxygen atoms in total. The van der Waals surface area contributed by atoms with E-state index in [9.17, 15) is 4.39 Å². The van der Waals surface area contributed by atoms with E-state index in [1.165, 1.54) is 12.1 Å². The van der Waals surface area contributed by atoms with Gasteiger partial charge in [0.15, 0.2) is 5.11 Å². The fraction of sp³-hybridized carbons (Fsp3) is 0.286. The summed E-state index contributed by atoms with van der Waals surface area (Å²) < 4.78 is 14.6. The quantitative estimate of drug-likeness (QED) is 0.632. The van der Waals surface area contributed by atoms with Gasteiger partial charge in [-0.25, -0.2) is 4.39 Å². The van der Waals surface area contributed by atoms with Gasteiger partial charge in [-0.1, -0.05) is 12.1 Å². The highest BCUT2D eigenvalue weighted by atomic mass is 32.1. The van der Waals surface area contributed by atoms with Gasteiger partial charge in [0.1, 0.15) is 5.82 Å². The zero-order chi connectivity index (χ0) is 14.2. The van der Waals surface area contributed by atoms with E-state index in [2.05, 4.69) is 15.7 Å². The number of aromatic nitrogens is 2. The summed E-state index contributed by atoms with van der Waals surface area (Å²) in [4.78, 5) is 0. The third-order valence-electron chi connectivity index (χ3n) is 2.78. The Balaban J connectivity index is 1.59. The first kappa shape index (κ1) is 14.5. The molecule has 1 aromatic heterocycles. The summed E-state index contributed by atoms with van der Waals surface area (Å²) in [5.74, 6) is -0.229. The van der Waals surface area contributed by atoms with Crippen molar-refractivity contribution in [3.8, 4) is 0 Å². The second-order valence-electron chi connectivity index (χ2n) is 4.36. The largest absolute Gasteiger partial charge is 0.363 e. The molecule has 2 N–H and O–H groups in total. The van der Waals surface area contributed by atoms with Crippen LogP contribution in [0.5, 0.6) is 0 Å². The van der Waals surface area contributed by atoms with Gasteiger partial charge in [-0.2, -0.15) is 5.10 Å². The lowest BCUT2D eigenvalue weighted by Gasteiger charge is -2.10. The van der Waals surface area contributed by atoms with Crippen LogP contribution in [0.1, 0.15) is 12.0 Å². The maximum atomic E-state index is 12.7. The highest BCUT2D eigenvalue weighted by molar-refractivity contribution is 7.80. The molecule has 0 radical (unpaired) electrons. The van der Waals surface area contributed by atoms with Crippen LogP contribution in [0.25, 0.3) is 0 Å². The molecule has 0 saturated carbocycles. The van der Waals surface area contributed by atoms with E-state index in [1.54, 1.807) is 18.3 Å². The minimum absolute atomic E-state index is 0.229. The molecule has 0 amide bonds. The molecule has 106 valence electrons. The van der Waals surface area contributed by atoms with Crippen molar-refractivity contribution in [3.05, 3.63) is 54.1 Å². The zero-order valence-electron chi connectivity index (χ0n) is 11.1. The normalized spacial score (nSPS) is 10.2. The Morgan fingerprint density at radius 2 is 2.05 bits per heavy atom. The molecule has 6 heteroatoms. The molecular formula is C14H17FN4S. The van der Waals surface area contributed by atoms with Gasteiger partial charge in [0.2, 0.25) is 0 Å². The van der Waals surface area contributed by atoms with Crippen molar-refractivity contribution in [2.45, 2.75) is 19.5 Å². The molecule has 1 aromatic carbocycles. The van der Waals surface area contributed by atoms with Gasteiger partial charge in [-0.3, -0.25) is 4.68 Å². The molecule has 1 heterocycles. The van der Waals surface area contributed by atoms with E-state index in [-0.39, 0.29) is 5.82 Å². The molecule has 0 saturated heterocycles. The van der Waals surface area contributed by atoms with Crippen LogP contribution in [0.4, 0.5) is 4.39 Å². The predicted octanol–water partition coefficient (Wildman–Crippen LogP) is 2.08. The van der Waals surface area contributed by atoms with E-state index < -0.39 is 0 Å². The maximum Gasteiger partial charge on any atom is 0.166 e. The Kier molecular flexibility index (Phi) is 5.49. The number of benzene rings is 1. The van der Waals surface area contributed by atoms with E-state index >= 15 is 0 Å². The fourth-order valence-corrected chi connectivity index (χ4v) is 1.90. The van der Waals surface area contributed by atoms with E-state index in [1.807, 2.05) is 16.9 Å². The summed E-state index contributed by atoms with van der Waals surface area (Å²) >= 11 is 5.17. The van der Waals surface area contributed by atoms with Crippen LogP contribution in [0.2, 0.25) is 0 Å². The van der Waals surface area contributed by atoms with Gasteiger partial charge >= 0.3 is 0 Å². The van der Waals surface area contributed by atoms with Crippen molar-refractivity contribution in [2.24, 2.45) is 0 Å². The number of hydrogen-bond acceptors (Lipinski definition) is 2. The molecule has 0 spiro atoms. The number of aryl methyl sites for hydroxylation is 1.